The highest BCUT2D eigenvalue weighted by Crippen LogP contribution is 2.21. The van der Waals surface area contributed by atoms with Crippen molar-refractivity contribution >= 4 is 17.5 Å². The first-order valence-electron chi connectivity index (χ1n) is 8.00. The third-order valence-electron chi connectivity index (χ3n) is 3.74. The quantitative estimate of drug-likeness (QED) is 0.419. The van der Waals surface area contributed by atoms with Crippen LogP contribution in [0.5, 0.6) is 5.75 Å². The molecule has 2 aromatic carbocycles. The Morgan fingerprint density at radius 1 is 0.880 bits per heavy atom. The summed E-state index contributed by atoms with van der Waals surface area (Å²) in [5.41, 5.74) is 0.734. The summed E-state index contributed by atoms with van der Waals surface area (Å²) in [5, 5.41) is 0. The Kier molecular flexibility index (Phi) is 6.46. The van der Waals surface area contributed by atoms with Gasteiger partial charge in [-0.05, 0) is 31.2 Å². The molecule has 2 rings (SSSR count). The Bertz CT molecular complexity index is 734. The summed E-state index contributed by atoms with van der Waals surface area (Å²) in [5.74, 6) is -1.89. The molecule has 5 heteroatoms. The minimum absolute atomic E-state index is 0.196. The van der Waals surface area contributed by atoms with Crippen molar-refractivity contribution in [1.29, 1.82) is 0 Å². The van der Waals surface area contributed by atoms with Gasteiger partial charge in [-0.25, -0.2) is 0 Å². The fraction of sp³-hybridized carbons (Fsp3) is 0.250. The molecule has 0 saturated heterocycles. The molecule has 0 aliphatic carbocycles. The van der Waals surface area contributed by atoms with Gasteiger partial charge in [-0.3, -0.25) is 14.4 Å². The lowest BCUT2D eigenvalue weighted by Gasteiger charge is -2.14. The summed E-state index contributed by atoms with van der Waals surface area (Å²) in [7, 11) is 1.53. The van der Waals surface area contributed by atoms with E-state index in [9.17, 15) is 14.4 Å². The van der Waals surface area contributed by atoms with E-state index in [-0.39, 0.29) is 13.0 Å². The molecular formula is C20H20O5. The Morgan fingerprint density at radius 3 is 1.96 bits per heavy atom. The van der Waals surface area contributed by atoms with Crippen LogP contribution >= 0.6 is 0 Å². The molecule has 1 unspecified atom stereocenters. The third-order valence-corrected chi connectivity index (χ3v) is 3.74. The molecular weight excluding hydrogens is 320 g/mol. The SMILES string of the molecule is CCOC(=O)CC(C(=O)c1ccccc1)C(=O)c1ccc(OC)cc1. The Balaban J connectivity index is 2.30. The zero-order chi connectivity index (χ0) is 18.2. The van der Waals surface area contributed by atoms with Crippen molar-refractivity contribution in [3.63, 3.8) is 0 Å². The number of hydrogen-bond donors (Lipinski definition) is 0. The van der Waals surface area contributed by atoms with Gasteiger partial charge in [0.15, 0.2) is 11.6 Å². The molecule has 0 amide bonds. The van der Waals surface area contributed by atoms with Gasteiger partial charge in [-0.15, -0.1) is 0 Å². The maximum atomic E-state index is 12.8. The summed E-state index contributed by atoms with van der Waals surface area (Å²) >= 11 is 0. The molecule has 0 spiro atoms. The van der Waals surface area contributed by atoms with Crippen molar-refractivity contribution < 1.29 is 23.9 Å². The molecule has 2 aromatic rings. The van der Waals surface area contributed by atoms with Gasteiger partial charge in [0, 0.05) is 11.1 Å². The molecule has 1 atom stereocenters. The number of carbonyl (C=O) groups is 3. The molecule has 25 heavy (non-hydrogen) atoms. The molecule has 0 fully saturated rings. The molecule has 0 saturated carbocycles. The number of rotatable bonds is 8. The summed E-state index contributed by atoms with van der Waals surface area (Å²) in [4.78, 5) is 37.5. The van der Waals surface area contributed by atoms with Gasteiger partial charge < -0.3 is 9.47 Å². The molecule has 0 aliphatic rings. The van der Waals surface area contributed by atoms with Crippen LogP contribution in [0.3, 0.4) is 0 Å². The van der Waals surface area contributed by atoms with E-state index in [1.54, 1.807) is 61.5 Å². The minimum Gasteiger partial charge on any atom is -0.497 e. The first-order chi connectivity index (χ1) is 12.1. The second kappa shape index (κ2) is 8.78. The van der Waals surface area contributed by atoms with Crippen molar-refractivity contribution in [3.05, 3.63) is 65.7 Å². The predicted octanol–water partition coefficient (Wildman–Crippen LogP) is 3.33. The topological polar surface area (TPSA) is 69.7 Å². The number of hydrogen-bond acceptors (Lipinski definition) is 5. The van der Waals surface area contributed by atoms with Gasteiger partial charge in [0.05, 0.1) is 26.1 Å². The first-order valence-corrected chi connectivity index (χ1v) is 8.00. The molecule has 0 radical (unpaired) electrons. The van der Waals surface area contributed by atoms with Crippen LogP contribution in [-0.4, -0.2) is 31.3 Å². The lowest BCUT2D eigenvalue weighted by molar-refractivity contribution is -0.143. The number of Topliss-reactive ketones (excluding diaryl/α,β-unsaturated/α-hetero) is 2. The zero-order valence-electron chi connectivity index (χ0n) is 14.2. The molecule has 0 N–H and O–H groups in total. The van der Waals surface area contributed by atoms with Crippen molar-refractivity contribution in [2.75, 3.05) is 13.7 Å². The minimum atomic E-state index is -1.12. The summed E-state index contributed by atoms with van der Waals surface area (Å²) in [6.07, 6.45) is -0.285. The van der Waals surface area contributed by atoms with Crippen molar-refractivity contribution in [1.82, 2.24) is 0 Å². The average Bonchev–Trinajstić information content (AvgIpc) is 2.66. The molecule has 0 aromatic heterocycles. The number of esters is 1. The van der Waals surface area contributed by atoms with E-state index in [1.807, 2.05) is 0 Å². The van der Waals surface area contributed by atoms with Crippen LogP contribution in [0, 0.1) is 5.92 Å². The van der Waals surface area contributed by atoms with E-state index in [0.717, 1.165) is 0 Å². The van der Waals surface area contributed by atoms with E-state index in [1.165, 1.54) is 7.11 Å². The van der Waals surface area contributed by atoms with E-state index in [2.05, 4.69) is 0 Å². The van der Waals surface area contributed by atoms with Crippen LogP contribution in [0.4, 0.5) is 0 Å². The van der Waals surface area contributed by atoms with Gasteiger partial charge in [0.1, 0.15) is 5.75 Å². The van der Waals surface area contributed by atoms with E-state index in [4.69, 9.17) is 9.47 Å². The van der Waals surface area contributed by atoms with Crippen LogP contribution in [0.1, 0.15) is 34.1 Å². The summed E-state index contributed by atoms with van der Waals surface area (Å²) < 4.78 is 9.99. The molecule has 5 nitrogen and oxygen atoms in total. The summed E-state index contributed by atoms with van der Waals surface area (Å²) in [6.45, 7) is 1.87. The van der Waals surface area contributed by atoms with Gasteiger partial charge >= 0.3 is 5.97 Å². The summed E-state index contributed by atoms with van der Waals surface area (Å²) in [6, 6.07) is 14.9. The number of ketones is 2. The van der Waals surface area contributed by atoms with E-state index < -0.39 is 23.5 Å². The number of benzene rings is 2. The maximum absolute atomic E-state index is 12.8. The largest absolute Gasteiger partial charge is 0.497 e. The van der Waals surface area contributed by atoms with Crippen molar-refractivity contribution in [3.8, 4) is 5.75 Å². The standard InChI is InChI=1S/C20H20O5/c1-3-25-18(21)13-17(19(22)14-7-5-4-6-8-14)20(23)15-9-11-16(24-2)12-10-15/h4-12,17H,3,13H2,1-2H3. The molecule has 130 valence electrons. The van der Waals surface area contributed by atoms with Gasteiger partial charge in [-0.1, -0.05) is 30.3 Å². The molecule has 0 heterocycles. The van der Waals surface area contributed by atoms with Crippen molar-refractivity contribution in [2.24, 2.45) is 5.92 Å². The second-order valence-corrected chi connectivity index (χ2v) is 5.38. The lowest BCUT2D eigenvalue weighted by atomic mass is 9.87. The zero-order valence-corrected chi connectivity index (χ0v) is 14.2. The fourth-order valence-corrected chi connectivity index (χ4v) is 2.45. The third kappa shape index (κ3) is 4.76. The lowest BCUT2D eigenvalue weighted by Crippen LogP contribution is -2.28. The van der Waals surface area contributed by atoms with Crippen molar-refractivity contribution in [2.45, 2.75) is 13.3 Å². The highest BCUT2D eigenvalue weighted by atomic mass is 16.5. The molecule has 0 bridgehead atoms. The number of carbonyl (C=O) groups excluding carboxylic acids is 3. The number of ether oxygens (including phenoxy) is 2. The smallest absolute Gasteiger partial charge is 0.306 e. The Hall–Kier alpha value is -2.95. The highest BCUT2D eigenvalue weighted by molar-refractivity contribution is 6.17. The Morgan fingerprint density at radius 2 is 1.44 bits per heavy atom. The van der Waals surface area contributed by atoms with Crippen LogP contribution in [0.15, 0.2) is 54.6 Å². The maximum Gasteiger partial charge on any atom is 0.306 e. The highest BCUT2D eigenvalue weighted by Gasteiger charge is 2.31. The second-order valence-electron chi connectivity index (χ2n) is 5.38. The van der Waals surface area contributed by atoms with Crippen LogP contribution in [0.25, 0.3) is 0 Å². The average molecular weight is 340 g/mol. The normalized spacial score (nSPS) is 11.4. The van der Waals surface area contributed by atoms with Crippen LogP contribution in [-0.2, 0) is 9.53 Å². The van der Waals surface area contributed by atoms with Crippen LogP contribution < -0.4 is 4.74 Å². The predicted molar refractivity (Wildman–Crippen MR) is 92.8 cm³/mol. The fourth-order valence-electron chi connectivity index (χ4n) is 2.45. The molecule has 0 aliphatic heterocycles. The van der Waals surface area contributed by atoms with E-state index in [0.29, 0.717) is 16.9 Å². The first kappa shape index (κ1) is 18.4. The van der Waals surface area contributed by atoms with Gasteiger partial charge in [0.2, 0.25) is 0 Å². The number of methoxy groups -OCH3 is 1. The van der Waals surface area contributed by atoms with E-state index >= 15 is 0 Å². The van der Waals surface area contributed by atoms with Gasteiger partial charge in [0.25, 0.3) is 0 Å². The van der Waals surface area contributed by atoms with Crippen LogP contribution in [0.2, 0.25) is 0 Å². The monoisotopic (exact) mass is 340 g/mol. The Labute approximate surface area is 146 Å². The van der Waals surface area contributed by atoms with Gasteiger partial charge in [-0.2, -0.15) is 0 Å².